The number of hydrogen-bond donors (Lipinski definition) is 0. The average Bonchev–Trinajstić information content (AvgIpc) is 2.17. The molecule has 0 aromatic carbocycles. The zero-order valence-electron chi connectivity index (χ0n) is 8.65. The molecule has 1 aliphatic carbocycles. The highest BCUT2D eigenvalue weighted by Gasteiger charge is 2.30. The van der Waals surface area contributed by atoms with Gasteiger partial charge in [0.25, 0.3) is 0 Å². The standard InChI is InChI=1S/C11H21IO/c1-13-10-8-11(7-9-12)5-3-2-4-6-11/h2-10H2,1H3. The van der Waals surface area contributed by atoms with Crippen molar-refractivity contribution < 1.29 is 4.74 Å². The van der Waals surface area contributed by atoms with Crippen LogP contribution in [0, 0.1) is 5.41 Å². The van der Waals surface area contributed by atoms with Crippen LogP contribution in [0.15, 0.2) is 0 Å². The molecular formula is C11H21IO. The van der Waals surface area contributed by atoms with Gasteiger partial charge in [0.15, 0.2) is 0 Å². The molecule has 0 heterocycles. The summed E-state index contributed by atoms with van der Waals surface area (Å²) in [6, 6.07) is 0. The Hall–Kier alpha value is 0.690. The van der Waals surface area contributed by atoms with Crippen LogP contribution in [0.1, 0.15) is 44.9 Å². The van der Waals surface area contributed by atoms with Crippen molar-refractivity contribution in [2.24, 2.45) is 5.41 Å². The first kappa shape index (κ1) is 11.8. The van der Waals surface area contributed by atoms with Crippen molar-refractivity contribution in [3.8, 4) is 0 Å². The Kier molecular flexibility index (Phi) is 5.63. The number of ether oxygens (including phenoxy) is 1. The molecule has 0 aromatic rings. The van der Waals surface area contributed by atoms with Gasteiger partial charge in [0.05, 0.1) is 0 Å². The van der Waals surface area contributed by atoms with E-state index >= 15 is 0 Å². The fraction of sp³-hybridized carbons (Fsp3) is 1.00. The summed E-state index contributed by atoms with van der Waals surface area (Å²) in [6.45, 7) is 0.955. The highest BCUT2D eigenvalue weighted by atomic mass is 127. The summed E-state index contributed by atoms with van der Waals surface area (Å²) in [6.07, 6.45) is 9.92. The van der Waals surface area contributed by atoms with Gasteiger partial charge < -0.3 is 4.74 Å². The zero-order chi connectivity index (χ0) is 9.57. The van der Waals surface area contributed by atoms with Crippen molar-refractivity contribution in [1.82, 2.24) is 0 Å². The predicted molar refractivity (Wildman–Crippen MR) is 65.5 cm³/mol. The summed E-state index contributed by atoms with van der Waals surface area (Å²) in [5.41, 5.74) is 0.648. The molecule has 0 unspecified atom stereocenters. The molecule has 0 spiro atoms. The first-order chi connectivity index (χ1) is 6.33. The normalized spacial score (nSPS) is 21.7. The molecule has 1 fully saturated rings. The number of hydrogen-bond acceptors (Lipinski definition) is 1. The van der Waals surface area contributed by atoms with Crippen molar-refractivity contribution in [2.45, 2.75) is 44.9 Å². The SMILES string of the molecule is COCCC1(CCI)CCCCC1. The van der Waals surface area contributed by atoms with E-state index in [1.54, 1.807) is 0 Å². The summed E-state index contributed by atoms with van der Waals surface area (Å²) in [7, 11) is 1.82. The highest BCUT2D eigenvalue weighted by Crippen LogP contribution is 2.42. The van der Waals surface area contributed by atoms with Gasteiger partial charge in [-0.2, -0.15) is 0 Å². The number of methoxy groups -OCH3 is 1. The summed E-state index contributed by atoms with van der Waals surface area (Å²) < 4.78 is 6.52. The second-order valence-corrected chi connectivity index (χ2v) is 5.32. The minimum absolute atomic E-state index is 0.648. The summed E-state index contributed by atoms with van der Waals surface area (Å²) in [5.74, 6) is 0. The highest BCUT2D eigenvalue weighted by molar-refractivity contribution is 14.1. The van der Waals surface area contributed by atoms with Crippen LogP contribution < -0.4 is 0 Å². The van der Waals surface area contributed by atoms with Crippen LogP contribution in [0.3, 0.4) is 0 Å². The molecule has 0 aliphatic heterocycles. The molecule has 0 saturated heterocycles. The predicted octanol–water partition coefficient (Wildman–Crippen LogP) is 3.80. The fourth-order valence-corrected chi connectivity index (χ4v) is 3.59. The zero-order valence-corrected chi connectivity index (χ0v) is 10.8. The van der Waals surface area contributed by atoms with Crippen LogP contribution in [-0.2, 0) is 4.74 Å². The van der Waals surface area contributed by atoms with E-state index in [1.165, 1.54) is 49.4 Å². The van der Waals surface area contributed by atoms with Gasteiger partial charge in [-0.25, -0.2) is 0 Å². The number of alkyl halides is 1. The van der Waals surface area contributed by atoms with Gasteiger partial charge in [-0.1, -0.05) is 41.9 Å². The third-order valence-corrected chi connectivity index (χ3v) is 3.91. The Morgan fingerprint density at radius 3 is 2.38 bits per heavy atom. The Balaban J connectivity index is 2.40. The average molecular weight is 296 g/mol. The third kappa shape index (κ3) is 3.74. The van der Waals surface area contributed by atoms with Gasteiger partial charge in [-0.05, 0) is 31.1 Å². The largest absolute Gasteiger partial charge is 0.385 e. The molecule has 0 amide bonds. The molecule has 1 rings (SSSR count). The van der Waals surface area contributed by atoms with Gasteiger partial charge in [-0.3, -0.25) is 0 Å². The van der Waals surface area contributed by atoms with Gasteiger partial charge >= 0.3 is 0 Å². The van der Waals surface area contributed by atoms with Gasteiger partial charge in [0.1, 0.15) is 0 Å². The number of halogens is 1. The van der Waals surface area contributed by atoms with Crippen molar-refractivity contribution in [3.63, 3.8) is 0 Å². The van der Waals surface area contributed by atoms with Crippen LogP contribution in [-0.4, -0.2) is 18.1 Å². The molecule has 1 saturated carbocycles. The third-order valence-electron chi connectivity index (χ3n) is 3.38. The maximum Gasteiger partial charge on any atom is 0.0467 e. The molecule has 1 nitrogen and oxygen atoms in total. The quantitative estimate of drug-likeness (QED) is 0.554. The minimum Gasteiger partial charge on any atom is -0.385 e. The smallest absolute Gasteiger partial charge is 0.0467 e. The van der Waals surface area contributed by atoms with Crippen molar-refractivity contribution >= 4 is 22.6 Å². The van der Waals surface area contributed by atoms with Crippen molar-refractivity contribution in [2.75, 3.05) is 18.1 Å². The Labute approximate surface area is 95.8 Å². The lowest BCUT2D eigenvalue weighted by Gasteiger charge is -2.37. The topological polar surface area (TPSA) is 9.23 Å². The lowest BCUT2D eigenvalue weighted by Crippen LogP contribution is -2.26. The molecular weight excluding hydrogens is 275 g/mol. The van der Waals surface area contributed by atoms with Crippen molar-refractivity contribution in [1.29, 1.82) is 0 Å². The van der Waals surface area contributed by atoms with Crippen molar-refractivity contribution in [3.05, 3.63) is 0 Å². The summed E-state index contributed by atoms with van der Waals surface area (Å²) in [4.78, 5) is 0. The second-order valence-electron chi connectivity index (χ2n) is 4.24. The first-order valence-corrected chi connectivity index (χ1v) is 6.90. The molecule has 13 heavy (non-hydrogen) atoms. The first-order valence-electron chi connectivity index (χ1n) is 5.38. The van der Waals surface area contributed by atoms with Crippen LogP contribution in [0.4, 0.5) is 0 Å². The van der Waals surface area contributed by atoms with E-state index in [-0.39, 0.29) is 0 Å². The van der Waals surface area contributed by atoms with E-state index in [9.17, 15) is 0 Å². The molecule has 0 radical (unpaired) electrons. The van der Waals surface area contributed by atoms with E-state index in [0.717, 1.165) is 6.61 Å². The van der Waals surface area contributed by atoms with Crippen LogP contribution >= 0.6 is 22.6 Å². The van der Waals surface area contributed by atoms with E-state index in [4.69, 9.17) is 4.74 Å². The molecule has 0 aromatic heterocycles. The molecule has 1 aliphatic rings. The van der Waals surface area contributed by atoms with E-state index < -0.39 is 0 Å². The molecule has 0 bridgehead atoms. The monoisotopic (exact) mass is 296 g/mol. The lowest BCUT2D eigenvalue weighted by atomic mass is 9.70. The molecule has 0 atom stereocenters. The van der Waals surface area contributed by atoms with Crippen LogP contribution in [0.25, 0.3) is 0 Å². The number of rotatable bonds is 5. The molecule has 78 valence electrons. The maximum atomic E-state index is 5.21. The molecule has 2 heteroatoms. The Morgan fingerprint density at radius 2 is 1.85 bits per heavy atom. The Morgan fingerprint density at radius 1 is 1.15 bits per heavy atom. The molecule has 0 N–H and O–H groups in total. The summed E-state index contributed by atoms with van der Waals surface area (Å²) in [5, 5.41) is 0. The summed E-state index contributed by atoms with van der Waals surface area (Å²) >= 11 is 2.51. The Bertz CT molecular complexity index is 125. The van der Waals surface area contributed by atoms with Crippen LogP contribution in [0.2, 0.25) is 0 Å². The van der Waals surface area contributed by atoms with Gasteiger partial charge in [0.2, 0.25) is 0 Å². The van der Waals surface area contributed by atoms with E-state index in [0.29, 0.717) is 5.41 Å². The second kappa shape index (κ2) is 6.23. The minimum atomic E-state index is 0.648. The van der Waals surface area contributed by atoms with Gasteiger partial charge in [-0.15, -0.1) is 0 Å². The van der Waals surface area contributed by atoms with Gasteiger partial charge in [0, 0.05) is 18.1 Å². The fourth-order valence-electron chi connectivity index (χ4n) is 2.45. The maximum absolute atomic E-state index is 5.21. The van der Waals surface area contributed by atoms with Crippen LogP contribution in [0.5, 0.6) is 0 Å². The van der Waals surface area contributed by atoms with E-state index in [2.05, 4.69) is 22.6 Å². The van der Waals surface area contributed by atoms with E-state index in [1.807, 2.05) is 7.11 Å². The lowest BCUT2D eigenvalue weighted by molar-refractivity contribution is 0.100.